The molecule has 3 aromatic heterocycles. The van der Waals surface area contributed by atoms with Gasteiger partial charge in [-0.25, -0.2) is 24.3 Å². The van der Waals surface area contributed by atoms with Gasteiger partial charge in [-0.2, -0.15) is 5.10 Å². The molecule has 3 heterocycles. The third kappa shape index (κ3) is 3.76. The van der Waals surface area contributed by atoms with Crippen molar-refractivity contribution in [2.24, 2.45) is 0 Å². The number of aromatic nitrogens is 7. The first-order valence-corrected chi connectivity index (χ1v) is 10.3. The maximum atomic E-state index is 12.4. The molecule has 0 bridgehead atoms. The van der Waals surface area contributed by atoms with E-state index in [0.29, 0.717) is 17.8 Å². The summed E-state index contributed by atoms with van der Waals surface area (Å²) < 4.78 is 3.17. The average Bonchev–Trinajstić information content (AvgIpc) is 3.23. The lowest BCUT2D eigenvalue weighted by atomic mass is 9.83. The van der Waals surface area contributed by atoms with Crippen LogP contribution in [0.4, 0.5) is 5.82 Å². The van der Waals surface area contributed by atoms with Gasteiger partial charge in [-0.05, 0) is 44.6 Å². The Morgan fingerprint density at radius 3 is 2.59 bits per heavy atom. The molecular weight excluding hydrogens is 368 g/mol. The predicted molar refractivity (Wildman–Crippen MR) is 107 cm³/mol. The lowest BCUT2D eigenvalue weighted by Crippen LogP contribution is -2.33. The van der Waals surface area contributed by atoms with E-state index in [4.69, 9.17) is 0 Å². The zero-order valence-electron chi connectivity index (χ0n) is 16.2. The van der Waals surface area contributed by atoms with Crippen LogP contribution < -0.4 is 10.9 Å². The SMILES string of the molecule is O=c1ccc(-n2cncn2)nn1C1CCC(Nc2cc(C3CCC3)ncn2)CC1. The number of nitrogens with zero attached hydrogens (tertiary/aromatic N) is 7. The number of anilines is 1. The van der Waals surface area contributed by atoms with E-state index in [1.807, 2.05) is 0 Å². The van der Waals surface area contributed by atoms with Gasteiger partial charge in [0, 0.05) is 29.8 Å². The normalized spacial score (nSPS) is 22.2. The average molecular weight is 392 g/mol. The van der Waals surface area contributed by atoms with E-state index >= 15 is 0 Å². The lowest BCUT2D eigenvalue weighted by Gasteiger charge is -2.30. The first kappa shape index (κ1) is 18.0. The predicted octanol–water partition coefficient (Wildman–Crippen LogP) is 2.48. The second-order valence-electron chi connectivity index (χ2n) is 7.92. The molecule has 29 heavy (non-hydrogen) atoms. The summed E-state index contributed by atoms with van der Waals surface area (Å²) in [5, 5.41) is 12.2. The van der Waals surface area contributed by atoms with Gasteiger partial charge < -0.3 is 5.32 Å². The molecule has 0 spiro atoms. The Morgan fingerprint density at radius 1 is 1.00 bits per heavy atom. The van der Waals surface area contributed by atoms with Crippen LogP contribution in [0, 0.1) is 0 Å². The standard InChI is InChI=1S/C20H24N8O/c29-20-9-8-19(27-13-21-11-24-27)26-28(20)16-6-4-15(5-7-16)25-18-10-17(22-12-23-18)14-2-1-3-14/h8-16H,1-7H2,(H,22,23,25). The van der Waals surface area contributed by atoms with Crippen molar-refractivity contribution in [3.05, 3.63) is 53.2 Å². The van der Waals surface area contributed by atoms with E-state index in [0.717, 1.165) is 37.2 Å². The smallest absolute Gasteiger partial charge is 0.267 e. The van der Waals surface area contributed by atoms with Crippen molar-refractivity contribution in [2.75, 3.05) is 5.32 Å². The largest absolute Gasteiger partial charge is 0.367 e. The summed E-state index contributed by atoms with van der Waals surface area (Å²) in [4.78, 5) is 25.2. The quantitative estimate of drug-likeness (QED) is 0.711. The van der Waals surface area contributed by atoms with Crippen LogP contribution in [0.15, 0.2) is 42.0 Å². The molecule has 0 amide bonds. The van der Waals surface area contributed by atoms with Crippen LogP contribution in [-0.4, -0.2) is 40.6 Å². The van der Waals surface area contributed by atoms with Crippen LogP contribution in [0.3, 0.4) is 0 Å². The molecule has 2 aliphatic rings. The second-order valence-corrected chi connectivity index (χ2v) is 7.92. The summed E-state index contributed by atoms with van der Waals surface area (Å²) in [7, 11) is 0. The molecular formula is C20H24N8O. The first-order chi connectivity index (χ1) is 14.3. The fourth-order valence-electron chi connectivity index (χ4n) is 4.18. The molecule has 2 aliphatic carbocycles. The van der Waals surface area contributed by atoms with Gasteiger partial charge in [0.2, 0.25) is 0 Å². The van der Waals surface area contributed by atoms with Gasteiger partial charge in [0.15, 0.2) is 5.82 Å². The molecule has 9 heteroatoms. The first-order valence-electron chi connectivity index (χ1n) is 10.3. The summed E-state index contributed by atoms with van der Waals surface area (Å²) in [5.74, 6) is 2.12. The molecule has 2 fully saturated rings. The highest BCUT2D eigenvalue weighted by atomic mass is 16.1. The minimum atomic E-state index is -0.0776. The Bertz CT molecular complexity index is 1020. The van der Waals surface area contributed by atoms with Gasteiger partial charge in [0.05, 0.1) is 6.04 Å². The maximum Gasteiger partial charge on any atom is 0.267 e. The van der Waals surface area contributed by atoms with Crippen molar-refractivity contribution in [1.82, 2.24) is 34.5 Å². The zero-order valence-corrected chi connectivity index (χ0v) is 16.2. The van der Waals surface area contributed by atoms with Gasteiger partial charge >= 0.3 is 0 Å². The fourth-order valence-corrected chi connectivity index (χ4v) is 4.18. The topological polar surface area (TPSA) is 103 Å². The van der Waals surface area contributed by atoms with Crippen LogP contribution in [-0.2, 0) is 0 Å². The van der Waals surface area contributed by atoms with Crippen molar-refractivity contribution in [2.45, 2.75) is 62.9 Å². The van der Waals surface area contributed by atoms with Gasteiger partial charge in [-0.3, -0.25) is 4.79 Å². The second kappa shape index (κ2) is 7.73. The zero-order chi connectivity index (χ0) is 19.6. The Hall–Kier alpha value is -3.10. The van der Waals surface area contributed by atoms with Crippen LogP contribution in [0.1, 0.15) is 62.6 Å². The molecule has 3 aromatic rings. The Morgan fingerprint density at radius 2 is 1.86 bits per heavy atom. The Balaban J connectivity index is 1.24. The van der Waals surface area contributed by atoms with Crippen LogP contribution in [0.25, 0.3) is 5.82 Å². The summed E-state index contributed by atoms with van der Waals surface area (Å²) >= 11 is 0. The van der Waals surface area contributed by atoms with Gasteiger partial charge in [0.25, 0.3) is 5.56 Å². The molecule has 9 nitrogen and oxygen atoms in total. The van der Waals surface area contributed by atoms with Gasteiger partial charge in [-0.1, -0.05) is 6.42 Å². The molecule has 0 atom stereocenters. The van der Waals surface area contributed by atoms with Crippen molar-refractivity contribution in [3.63, 3.8) is 0 Å². The monoisotopic (exact) mass is 392 g/mol. The number of rotatable bonds is 5. The Labute approximate surface area is 168 Å². The maximum absolute atomic E-state index is 12.4. The fraction of sp³-hybridized carbons (Fsp3) is 0.500. The van der Waals surface area contributed by atoms with Crippen molar-refractivity contribution < 1.29 is 0 Å². The summed E-state index contributed by atoms with van der Waals surface area (Å²) in [6, 6.07) is 5.78. The molecule has 0 aliphatic heterocycles. The molecule has 0 unspecified atom stereocenters. The third-order valence-electron chi connectivity index (χ3n) is 6.07. The van der Waals surface area contributed by atoms with E-state index in [9.17, 15) is 4.79 Å². The van der Waals surface area contributed by atoms with Gasteiger partial charge in [-0.15, -0.1) is 5.10 Å². The van der Waals surface area contributed by atoms with Crippen LogP contribution in [0.2, 0.25) is 0 Å². The highest BCUT2D eigenvalue weighted by Gasteiger charge is 2.25. The van der Waals surface area contributed by atoms with E-state index < -0.39 is 0 Å². The summed E-state index contributed by atoms with van der Waals surface area (Å²) in [5.41, 5.74) is 1.08. The minimum absolute atomic E-state index is 0.0776. The van der Waals surface area contributed by atoms with Crippen LogP contribution >= 0.6 is 0 Å². The molecule has 5 rings (SSSR count). The molecule has 0 radical (unpaired) electrons. The highest BCUT2D eigenvalue weighted by molar-refractivity contribution is 5.37. The lowest BCUT2D eigenvalue weighted by molar-refractivity contribution is 0.302. The summed E-state index contributed by atoms with van der Waals surface area (Å²) in [6.45, 7) is 0. The molecule has 150 valence electrons. The van der Waals surface area contributed by atoms with E-state index in [-0.39, 0.29) is 11.6 Å². The minimum Gasteiger partial charge on any atom is -0.367 e. The van der Waals surface area contributed by atoms with Crippen LogP contribution in [0.5, 0.6) is 0 Å². The van der Waals surface area contributed by atoms with E-state index in [1.54, 1.807) is 34.2 Å². The molecule has 2 saturated carbocycles. The van der Waals surface area contributed by atoms with E-state index in [2.05, 4.69) is 36.5 Å². The molecule has 1 N–H and O–H groups in total. The highest BCUT2D eigenvalue weighted by Crippen LogP contribution is 2.36. The Kier molecular flexibility index (Phi) is 4.79. The number of nitrogens with one attached hydrogen (secondary N) is 1. The summed E-state index contributed by atoms with van der Waals surface area (Å²) in [6.07, 6.45) is 12.2. The number of hydrogen-bond donors (Lipinski definition) is 1. The van der Waals surface area contributed by atoms with E-state index in [1.165, 1.54) is 25.6 Å². The van der Waals surface area contributed by atoms with Gasteiger partial charge in [0.1, 0.15) is 24.8 Å². The van der Waals surface area contributed by atoms with Crippen molar-refractivity contribution in [3.8, 4) is 5.82 Å². The van der Waals surface area contributed by atoms with Crippen molar-refractivity contribution in [1.29, 1.82) is 0 Å². The number of hydrogen-bond acceptors (Lipinski definition) is 7. The third-order valence-corrected chi connectivity index (χ3v) is 6.07. The molecule has 0 aromatic carbocycles. The van der Waals surface area contributed by atoms with Crippen molar-refractivity contribution >= 4 is 5.82 Å². The molecule has 0 saturated heterocycles.